The molecule has 0 aliphatic rings. The lowest BCUT2D eigenvalue weighted by atomic mass is 10.3. The molecule has 0 bridgehead atoms. The standard InChI is InChI=1S/C14H17ClN6O/c1-8-7-9(2)21(18-8)6-5-11-16-17-14(22-11)13-12(15)10(3)20(4)19-13/h7H,5-6H2,1-4H3. The normalized spacial score (nSPS) is 11.3. The van der Waals surface area contributed by atoms with Gasteiger partial charge in [0, 0.05) is 25.7 Å². The van der Waals surface area contributed by atoms with Crippen molar-refractivity contribution in [3.8, 4) is 11.6 Å². The Kier molecular flexibility index (Phi) is 3.74. The average molecular weight is 321 g/mol. The van der Waals surface area contributed by atoms with E-state index in [9.17, 15) is 0 Å². The molecule has 0 saturated carbocycles. The molecule has 3 aromatic rings. The second-order valence-corrected chi connectivity index (χ2v) is 5.65. The highest BCUT2D eigenvalue weighted by atomic mass is 35.5. The number of hydrogen-bond acceptors (Lipinski definition) is 5. The Hall–Kier alpha value is -2.15. The molecule has 3 heterocycles. The van der Waals surface area contributed by atoms with E-state index in [-0.39, 0.29) is 0 Å². The van der Waals surface area contributed by atoms with Gasteiger partial charge in [-0.05, 0) is 26.8 Å². The number of aryl methyl sites for hydroxylation is 5. The van der Waals surface area contributed by atoms with E-state index in [4.69, 9.17) is 16.0 Å². The largest absolute Gasteiger partial charge is 0.419 e. The predicted octanol–water partition coefficient (Wildman–Crippen LogP) is 2.49. The summed E-state index contributed by atoms with van der Waals surface area (Å²) < 4.78 is 9.28. The first-order valence-electron chi connectivity index (χ1n) is 6.98. The van der Waals surface area contributed by atoms with Crippen LogP contribution in [0.15, 0.2) is 10.5 Å². The molecule has 7 nitrogen and oxygen atoms in total. The van der Waals surface area contributed by atoms with E-state index in [2.05, 4.69) is 20.4 Å². The van der Waals surface area contributed by atoms with E-state index >= 15 is 0 Å². The van der Waals surface area contributed by atoms with Gasteiger partial charge in [0.1, 0.15) is 0 Å². The lowest BCUT2D eigenvalue weighted by Gasteiger charge is -2.00. The quantitative estimate of drug-likeness (QED) is 0.738. The fourth-order valence-electron chi connectivity index (χ4n) is 2.27. The fourth-order valence-corrected chi connectivity index (χ4v) is 2.51. The Morgan fingerprint density at radius 3 is 2.55 bits per heavy atom. The van der Waals surface area contributed by atoms with Crippen molar-refractivity contribution in [1.82, 2.24) is 29.8 Å². The van der Waals surface area contributed by atoms with Gasteiger partial charge in [0.05, 0.1) is 16.4 Å². The zero-order valence-corrected chi connectivity index (χ0v) is 13.7. The number of nitrogens with zero attached hydrogens (tertiary/aromatic N) is 6. The minimum Gasteiger partial charge on any atom is -0.419 e. The first-order valence-corrected chi connectivity index (χ1v) is 7.36. The second-order valence-electron chi connectivity index (χ2n) is 5.27. The van der Waals surface area contributed by atoms with Crippen LogP contribution in [-0.4, -0.2) is 29.8 Å². The fraction of sp³-hybridized carbons (Fsp3) is 0.429. The number of halogens is 1. The number of rotatable bonds is 4. The predicted molar refractivity (Wildman–Crippen MR) is 81.7 cm³/mol. The maximum Gasteiger partial charge on any atom is 0.269 e. The molecule has 0 atom stereocenters. The summed E-state index contributed by atoms with van der Waals surface area (Å²) >= 11 is 6.23. The van der Waals surface area contributed by atoms with Crippen molar-refractivity contribution in [1.29, 1.82) is 0 Å². The molecular weight excluding hydrogens is 304 g/mol. The SMILES string of the molecule is Cc1cc(C)n(CCc2nnc(-c3nn(C)c(C)c3Cl)o2)n1. The molecule has 0 aliphatic heterocycles. The smallest absolute Gasteiger partial charge is 0.269 e. The van der Waals surface area contributed by atoms with Crippen molar-refractivity contribution in [2.24, 2.45) is 7.05 Å². The molecule has 0 fully saturated rings. The third-order valence-corrected chi connectivity index (χ3v) is 4.02. The van der Waals surface area contributed by atoms with Crippen LogP contribution in [0.3, 0.4) is 0 Å². The number of hydrogen-bond donors (Lipinski definition) is 0. The van der Waals surface area contributed by atoms with Gasteiger partial charge >= 0.3 is 0 Å². The van der Waals surface area contributed by atoms with Crippen molar-refractivity contribution in [3.63, 3.8) is 0 Å². The van der Waals surface area contributed by atoms with Crippen LogP contribution in [0, 0.1) is 20.8 Å². The van der Waals surface area contributed by atoms with Crippen LogP contribution in [0.2, 0.25) is 5.02 Å². The molecule has 0 saturated heterocycles. The average Bonchev–Trinajstić information content (AvgIpc) is 3.12. The molecule has 22 heavy (non-hydrogen) atoms. The van der Waals surface area contributed by atoms with E-state index in [1.807, 2.05) is 38.6 Å². The molecular formula is C14H17ClN6O. The van der Waals surface area contributed by atoms with Gasteiger partial charge in [0.2, 0.25) is 5.89 Å². The Labute approximate surface area is 132 Å². The molecule has 3 aromatic heterocycles. The highest BCUT2D eigenvalue weighted by Crippen LogP contribution is 2.28. The minimum atomic E-state index is 0.345. The summed E-state index contributed by atoms with van der Waals surface area (Å²) in [6.07, 6.45) is 0.610. The van der Waals surface area contributed by atoms with Crippen LogP contribution in [0.1, 0.15) is 23.0 Å². The van der Waals surface area contributed by atoms with Gasteiger partial charge in [-0.2, -0.15) is 10.2 Å². The summed E-state index contributed by atoms with van der Waals surface area (Å²) in [5.74, 6) is 0.888. The van der Waals surface area contributed by atoms with Crippen LogP contribution < -0.4 is 0 Å². The molecule has 0 amide bonds. The zero-order chi connectivity index (χ0) is 15.9. The van der Waals surface area contributed by atoms with E-state index < -0.39 is 0 Å². The van der Waals surface area contributed by atoms with Gasteiger partial charge < -0.3 is 4.42 Å². The highest BCUT2D eigenvalue weighted by molar-refractivity contribution is 6.33. The van der Waals surface area contributed by atoms with E-state index in [1.165, 1.54) is 0 Å². The molecule has 3 rings (SSSR count). The zero-order valence-electron chi connectivity index (χ0n) is 13.0. The summed E-state index contributed by atoms with van der Waals surface area (Å²) in [7, 11) is 1.82. The van der Waals surface area contributed by atoms with Gasteiger partial charge in [0.25, 0.3) is 5.89 Å². The van der Waals surface area contributed by atoms with E-state index in [0.29, 0.717) is 35.5 Å². The summed E-state index contributed by atoms with van der Waals surface area (Å²) in [4.78, 5) is 0. The van der Waals surface area contributed by atoms with Crippen LogP contribution in [0.4, 0.5) is 0 Å². The van der Waals surface area contributed by atoms with Gasteiger partial charge in [0.15, 0.2) is 5.69 Å². The maximum atomic E-state index is 6.23. The lowest BCUT2D eigenvalue weighted by Crippen LogP contribution is -2.05. The van der Waals surface area contributed by atoms with Crippen molar-refractivity contribution < 1.29 is 4.42 Å². The van der Waals surface area contributed by atoms with Crippen molar-refractivity contribution in [3.05, 3.63) is 34.1 Å². The number of aromatic nitrogens is 6. The van der Waals surface area contributed by atoms with Crippen LogP contribution in [-0.2, 0) is 20.0 Å². The Morgan fingerprint density at radius 1 is 1.18 bits per heavy atom. The van der Waals surface area contributed by atoms with Gasteiger partial charge in [-0.15, -0.1) is 10.2 Å². The van der Waals surface area contributed by atoms with Crippen molar-refractivity contribution in [2.45, 2.75) is 33.7 Å². The van der Waals surface area contributed by atoms with Gasteiger partial charge in [-0.1, -0.05) is 11.6 Å². The second kappa shape index (κ2) is 5.57. The molecule has 0 N–H and O–H groups in total. The molecule has 0 aromatic carbocycles. The van der Waals surface area contributed by atoms with Crippen LogP contribution in [0.5, 0.6) is 0 Å². The first kappa shape index (κ1) is 14.8. The van der Waals surface area contributed by atoms with Crippen molar-refractivity contribution >= 4 is 11.6 Å². The monoisotopic (exact) mass is 320 g/mol. The van der Waals surface area contributed by atoms with Crippen LogP contribution >= 0.6 is 11.6 Å². The van der Waals surface area contributed by atoms with Gasteiger partial charge in [-0.25, -0.2) is 0 Å². The van der Waals surface area contributed by atoms with Gasteiger partial charge in [-0.3, -0.25) is 9.36 Å². The third kappa shape index (κ3) is 2.64. The molecule has 0 radical (unpaired) electrons. The van der Waals surface area contributed by atoms with Crippen molar-refractivity contribution in [2.75, 3.05) is 0 Å². The summed E-state index contributed by atoms with van der Waals surface area (Å²) in [6, 6.07) is 2.04. The molecule has 0 aliphatic carbocycles. The van der Waals surface area contributed by atoms with E-state index in [0.717, 1.165) is 17.1 Å². The molecule has 8 heteroatoms. The highest BCUT2D eigenvalue weighted by Gasteiger charge is 2.18. The summed E-state index contributed by atoms with van der Waals surface area (Å²) in [5.41, 5.74) is 3.49. The molecule has 0 spiro atoms. The lowest BCUT2D eigenvalue weighted by molar-refractivity contribution is 0.470. The molecule has 0 unspecified atom stereocenters. The summed E-state index contributed by atoms with van der Waals surface area (Å²) in [6.45, 7) is 6.57. The topological polar surface area (TPSA) is 74.6 Å². The third-order valence-electron chi connectivity index (χ3n) is 3.57. The maximum absolute atomic E-state index is 6.23. The minimum absolute atomic E-state index is 0.345. The Morgan fingerprint density at radius 2 is 1.95 bits per heavy atom. The molecule has 116 valence electrons. The Bertz CT molecular complexity index is 816. The first-order chi connectivity index (χ1) is 10.5. The summed E-state index contributed by atoms with van der Waals surface area (Å²) in [5, 5.41) is 17.3. The Balaban J connectivity index is 1.76. The van der Waals surface area contributed by atoms with E-state index in [1.54, 1.807) is 4.68 Å². The van der Waals surface area contributed by atoms with Crippen LogP contribution in [0.25, 0.3) is 11.6 Å².